The number of hydrogen-bond donors (Lipinski definition) is 0. The highest BCUT2D eigenvalue weighted by Crippen LogP contribution is 2.43. The maximum Gasteiger partial charge on any atom is 0.738 e. The fraction of sp³-hybridized carbons (Fsp3) is 0. The van der Waals surface area contributed by atoms with Crippen LogP contribution in [0.1, 0.15) is 11.3 Å². The molecule has 24 heavy (non-hydrogen) atoms. The molecule has 0 saturated carbocycles. The summed E-state index contributed by atoms with van der Waals surface area (Å²) in [6.07, 6.45) is 3.22. The monoisotopic (exact) mass is 520 g/mol. The third-order valence-electron chi connectivity index (χ3n) is 4.07. The molecule has 0 saturated heterocycles. The molecule has 0 atom stereocenters. The number of aromatic nitrogens is 1. The van der Waals surface area contributed by atoms with E-state index in [1.165, 1.54) is 12.1 Å². The van der Waals surface area contributed by atoms with Crippen molar-refractivity contribution in [1.82, 2.24) is 4.48 Å². The van der Waals surface area contributed by atoms with Gasteiger partial charge in [0.15, 0.2) is 5.70 Å². The molecule has 0 amide bonds. The molecule has 0 unspecified atom stereocenters. The van der Waals surface area contributed by atoms with Crippen LogP contribution in [-0.2, 0) is 0 Å². The van der Waals surface area contributed by atoms with Crippen molar-refractivity contribution in [2.75, 3.05) is 0 Å². The van der Waals surface area contributed by atoms with Gasteiger partial charge in [0.1, 0.15) is 5.82 Å². The topological polar surface area (TPSA) is 7.94 Å². The minimum Gasteiger partial charge on any atom is -0.389 e. The summed E-state index contributed by atoms with van der Waals surface area (Å²) in [4.78, 5) is 0. The average Bonchev–Trinajstić information content (AvgIpc) is 3.06. The van der Waals surface area contributed by atoms with Crippen LogP contribution in [0, 0.1) is 5.82 Å². The number of fused-ring (bicyclic) bond motifs is 2. The second-order valence-corrected chi connectivity index (χ2v) is 7.89. The zero-order valence-electron chi connectivity index (χ0n) is 11.8. The van der Waals surface area contributed by atoms with Crippen LogP contribution in [0.25, 0.3) is 5.57 Å². The number of nitrogens with zero attached hydrogens (tertiary/aromatic N) is 2. The Hall–Kier alpha value is -1.06. The molecule has 9 heteroatoms. The molecule has 0 bridgehead atoms. The highest BCUT2D eigenvalue weighted by molar-refractivity contribution is 9.18. The molecule has 122 valence electrons. The van der Waals surface area contributed by atoms with Crippen LogP contribution in [0.5, 0.6) is 0 Å². The Labute approximate surface area is 160 Å². The zero-order valence-corrected chi connectivity index (χ0v) is 16.5. The summed E-state index contributed by atoms with van der Waals surface area (Å²) in [6.45, 7) is -4.05. The number of allylic oxidation sites excluding steroid dienone is 2. The van der Waals surface area contributed by atoms with E-state index in [0.717, 1.165) is 8.96 Å². The molecule has 1 aromatic heterocycles. The Morgan fingerprint density at radius 2 is 1.75 bits per heavy atom. The van der Waals surface area contributed by atoms with Crippen molar-refractivity contribution in [3.05, 3.63) is 74.3 Å². The van der Waals surface area contributed by atoms with Crippen LogP contribution in [-0.4, -0.2) is 20.6 Å². The lowest BCUT2D eigenvalue weighted by molar-refractivity contribution is -0.358. The molecule has 0 radical (unpaired) electrons. The van der Waals surface area contributed by atoms with Gasteiger partial charge in [0.25, 0.3) is 0 Å². The lowest BCUT2D eigenvalue weighted by Gasteiger charge is -2.32. The SMILES string of the molecule is Fc1ccc(C2=C3C=CC(Br)=[N+]3[B-](F)(F)n3c(Br)ccc32)c(Br)c1. The maximum atomic E-state index is 15.1. The van der Waals surface area contributed by atoms with E-state index in [-0.39, 0.29) is 9.22 Å². The van der Waals surface area contributed by atoms with Gasteiger partial charge in [-0.1, -0.05) is 22.0 Å². The molecular weight excluding hydrogens is 516 g/mol. The minimum atomic E-state index is -4.05. The first-order chi connectivity index (χ1) is 11.3. The number of halogens is 6. The number of hydrogen-bond acceptors (Lipinski definition) is 0. The predicted molar refractivity (Wildman–Crippen MR) is 99.0 cm³/mol. The second kappa shape index (κ2) is 5.47. The molecule has 2 aliphatic rings. The predicted octanol–water partition coefficient (Wildman–Crippen LogP) is 5.52. The standard InChI is InChI=1S/C15H7BBr3F3N2/c17-10-7-8(20)1-2-9(10)15-11-3-5-13(18)23(11)16(21,22)24-12(15)4-6-14(24)19/h1-7H. The Bertz CT molecular complexity index is 992. The summed E-state index contributed by atoms with van der Waals surface area (Å²) in [5.41, 5.74) is 1.99. The van der Waals surface area contributed by atoms with Gasteiger partial charge < -0.3 is 17.6 Å². The molecule has 0 spiro atoms. The normalized spacial score (nSPS) is 18.2. The van der Waals surface area contributed by atoms with E-state index in [2.05, 4.69) is 47.8 Å². The van der Waals surface area contributed by atoms with Crippen LogP contribution in [0.4, 0.5) is 13.0 Å². The van der Waals surface area contributed by atoms with E-state index < -0.39 is 12.8 Å². The lowest BCUT2D eigenvalue weighted by atomic mass is 9.86. The first kappa shape index (κ1) is 16.4. The first-order valence-electron chi connectivity index (χ1n) is 6.91. The molecule has 2 aliphatic heterocycles. The third-order valence-corrected chi connectivity index (χ3v) is 6.02. The third kappa shape index (κ3) is 2.17. The second-order valence-electron chi connectivity index (χ2n) is 5.41. The van der Waals surface area contributed by atoms with Gasteiger partial charge in [-0.15, -0.1) is 0 Å². The maximum absolute atomic E-state index is 15.1. The van der Waals surface area contributed by atoms with Gasteiger partial charge in [-0.25, -0.2) is 4.39 Å². The summed E-state index contributed by atoms with van der Waals surface area (Å²) < 4.78 is 46.6. The van der Waals surface area contributed by atoms with Crippen molar-refractivity contribution in [3.8, 4) is 0 Å². The van der Waals surface area contributed by atoms with Crippen molar-refractivity contribution in [3.63, 3.8) is 0 Å². The van der Waals surface area contributed by atoms with E-state index in [0.29, 0.717) is 27.0 Å². The molecule has 2 aromatic rings. The number of benzene rings is 1. The highest BCUT2D eigenvalue weighted by atomic mass is 79.9. The Kier molecular flexibility index (Phi) is 3.74. The van der Waals surface area contributed by atoms with E-state index in [4.69, 9.17) is 0 Å². The van der Waals surface area contributed by atoms with Crippen LogP contribution in [0.15, 0.2) is 57.3 Å². The van der Waals surface area contributed by atoms with Gasteiger partial charge in [0.05, 0.1) is 10.2 Å². The molecule has 3 heterocycles. The summed E-state index contributed by atoms with van der Waals surface area (Å²) in [5.74, 6) is -0.398. The van der Waals surface area contributed by atoms with Crippen LogP contribution >= 0.6 is 47.8 Å². The first-order valence-corrected chi connectivity index (χ1v) is 9.29. The van der Waals surface area contributed by atoms with E-state index in [1.54, 1.807) is 30.4 Å². The zero-order chi connectivity index (χ0) is 17.2. The average molecular weight is 523 g/mol. The largest absolute Gasteiger partial charge is 0.738 e. The van der Waals surface area contributed by atoms with Gasteiger partial charge >= 0.3 is 6.97 Å². The van der Waals surface area contributed by atoms with Crippen molar-refractivity contribution in [2.24, 2.45) is 0 Å². The van der Waals surface area contributed by atoms with E-state index >= 15 is 8.63 Å². The number of rotatable bonds is 1. The lowest BCUT2D eigenvalue weighted by Crippen LogP contribution is -2.50. The molecule has 0 fully saturated rings. The van der Waals surface area contributed by atoms with Crippen molar-refractivity contribution in [1.29, 1.82) is 0 Å². The van der Waals surface area contributed by atoms with Crippen LogP contribution in [0.3, 0.4) is 0 Å². The summed E-state index contributed by atoms with van der Waals surface area (Å²) >= 11 is 9.76. The van der Waals surface area contributed by atoms with Gasteiger partial charge in [0, 0.05) is 43.8 Å². The van der Waals surface area contributed by atoms with Crippen molar-refractivity contribution in [2.45, 2.75) is 0 Å². The van der Waals surface area contributed by atoms with Crippen LogP contribution < -0.4 is 0 Å². The fourth-order valence-electron chi connectivity index (χ4n) is 3.10. The summed E-state index contributed by atoms with van der Waals surface area (Å²) in [5, 5.41) is 0. The molecule has 4 rings (SSSR count). The van der Waals surface area contributed by atoms with E-state index in [9.17, 15) is 4.39 Å². The van der Waals surface area contributed by atoms with Gasteiger partial charge in [-0.2, -0.15) is 0 Å². The van der Waals surface area contributed by atoms with Crippen molar-refractivity contribution < 1.29 is 17.5 Å². The molecule has 2 nitrogen and oxygen atoms in total. The summed E-state index contributed by atoms with van der Waals surface area (Å²) in [6, 6.07) is 7.44. The van der Waals surface area contributed by atoms with Crippen LogP contribution in [0.2, 0.25) is 0 Å². The quantitative estimate of drug-likeness (QED) is 0.436. The van der Waals surface area contributed by atoms with E-state index in [1.807, 2.05) is 0 Å². The fourth-order valence-corrected chi connectivity index (χ4v) is 4.79. The van der Waals surface area contributed by atoms with Crippen molar-refractivity contribution >= 4 is 65.0 Å². The smallest absolute Gasteiger partial charge is 0.389 e. The Morgan fingerprint density at radius 3 is 2.46 bits per heavy atom. The van der Waals surface area contributed by atoms with Gasteiger partial charge in [0.2, 0.25) is 4.62 Å². The molecule has 0 aliphatic carbocycles. The molecule has 0 N–H and O–H groups in total. The van der Waals surface area contributed by atoms with Gasteiger partial charge in [-0.05, 0) is 40.2 Å². The summed E-state index contributed by atoms with van der Waals surface area (Å²) in [7, 11) is 0. The minimum absolute atomic E-state index is 0.282. The Balaban J connectivity index is 2.12. The molecule has 1 aromatic carbocycles. The van der Waals surface area contributed by atoms with Gasteiger partial charge in [-0.3, -0.25) is 0 Å². The Morgan fingerprint density at radius 1 is 1.00 bits per heavy atom. The highest BCUT2D eigenvalue weighted by Gasteiger charge is 2.54. The molecular formula is C15H7BBr3F3N2.